The molecule has 4 nitrogen and oxygen atoms in total. The first-order valence-corrected chi connectivity index (χ1v) is 7.69. The van der Waals surface area contributed by atoms with Gasteiger partial charge in [0.05, 0.1) is 0 Å². The van der Waals surface area contributed by atoms with Gasteiger partial charge in [-0.2, -0.15) is 0 Å². The molecular formula is C17H24N4. The van der Waals surface area contributed by atoms with Crippen molar-refractivity contribution in [3.05, 3.63) is 41.7 Å². The van der Waals surface area contributed by atoms with Crippen LogP contribution in [0.3, 0.4) is 0 Å². The molecule has 1 aromatic carbocycles. The molecule has 0 saturated carbocycles. The summed E-state index contributed by atoms with van der Waals surface area (Å²) in [6.45, 7) is 4.34. The molecular weight excluding hydrogens is 260 g/mol. The minimum Gasteiger partial charge on any atom is -0.383 e. The number of nitrogen functional groups attached to an aromatic ring is 1. The van der Waals surface area contributed by atoms with Crippen LogP contribution in [0.25, 0.3) is 0 Å². The third kappa shape index (κ3) is 4.18. The quantitative estimate of drug-likeness (QED) is 0.803. The monoisotopic (exact) mass is 284 g/mol. The highest BCUT2D eigenvalue weighted by Crippen LogP contribution is 2.23. The van der Waals surface area contributed by atoms with Gasteiger partial charge in [-0.3, -0.25) is 0 Å². The molecule has 3 N–H and O–H groups in total. The van der Waals surface area contributed by atoms with Crippen LogP contribution in [0.15, 0.2) is 30.6 Å². The standard InChI is InChI=1S/C17H24N4/c1-3-5-7-13-8-10-14(11-9-13)21-17-15(6-4-2)16(18)19-12-20-17/h8-12H,3-7H2,1-2H3,(H3,18,19,20,21). The zero-order valence-corrected chi connectivity index (χ0v) is 12.9. The number of anilines is 3. The third-order valence-corrected chi connectivity index (χ3v) is 3.51. The maximum atomic E-state index is 5.95. The van der Waals surface area contributed by atoms with Crippen LogP contribution in [0.1, 0.15) is 44.2 Å². The maximum absolute atomic E-state index is 5.95. The van der Waals surface area contributed by atoms with Crippen LogP contribution in [-0.2, 0) is 12.8 Å². The second kappa shape index (κ2) is 7.62. The number of benzene rings is 1. The van der Waals surface area contributed by atoms with Gasteiger partial charge in [-0.25, -0.2) is 9.97 Å². The fourth-order valence-electron chi connectivity index (χ4n) is 2.30. The molecule has 0 bridgehead atoms. The number of rotatable bonds is 7. The molecule has 0 radical (unpaired) electrons. The fourth-order valence-corrected chi connectivity index (χ4v) is 2.30. The Kier molecular flexibility index (Phi) is 5.55. The number of nitrogens with two attached hydrogens (primary N) is 1. The zero-order chi connectivity index (χ0) is 15.1. The van der Waals surface area contributed by atoms with Crippen molar-refractivity contribution < 1.29 is 0 Å². The largest absolute Gasteiger partial charge is 0.383 e. The predicted octanol–water partition coefficient (Wildman–Crippen LogP) is 4.10. The van der Waals surface area contributed by atoms with Gasteiger partial charge in [0.25, 0.3) is 0 Å². The van der Waals surface area contributed by atoms with Gasteiger partial charge in [0.1, 0.15) is 18.0 Å². The van der Waals surface area contributed by atoms with E-state index in [2.05, 4.69) is 53.4 Å². The normalized spacial score (nSPS) is 10.6. The van der Waals surface area contributed by atoms with E-state index in [1.165, 1.54) is 24.7 Å². The highest BCUT2D eigenvalue weighted by Gasteiger charge is 2.08. The van der Waals surface area contributed by atoms with E-state index in [4.69, 9.17) is 5.73 Å². The summed E-state index contributed by atoms with van der Waals surface area (Å²) in [5, 5.41) is 3.35. The number of hydrogen-bond acceptors (Lipinski definition) is 4. The molecule has 0 spiro atoms. The molecule has 0 saturated heterocycles. The van der Waals surface area contributed by atoms with Crippen molar-refractivity contribution in [3.63, 3.8) is 0 Å². The van der Waals surface area contributed by atoms with Crippen LogP contribution < -0.4 is 11.1 Å². The van der Waals surface area contributed by atoms with E-state index in [9.17, 15) is 0 Å². The van der Waals surface area contributed by atoms with E-state index in [0.717, 1.165) is 36.3 Å². The van der Waals surface area contributed by atoms with Gasteiger partial charge in [0, 0.05) is 11.3 Å². The Bertz CT molecular complexity index is 564. The Morgan fingerprint density at radius 1 is 1.00 bits per heavy atom. The highest BCUT2D eigenvalue weighted by atomic mass is 15.0. The van der Waals surface area contributed by atoms with Crippen LogP contribution >= 0.6 is 0 Å². The third-order valence-electron chi connectivity index (χ3n) is 3.51. The van der Waals surface area contributed by atoms with Crippen molar-refractivity contribution in [1.82, 2.24) is 9.97 Å². The lowest BCUT2D eigenvalue weighted by Crippen LogP contribution is -2.05. The minimum absolute atomic E-state index is 0.564. The molecule has 21 heavy (non-hydrogen) atoms. The number of nitrogens with zero attached hydrogens (tertiary/aromatic N) is 2. The van der Waals surface area contributed by atoms with E-state index in [1.54, 1.807) is 0 Å². The molecule has 0 atom stereocenters. The molecule has 0 aliphatic rings. The van der Waals surface area contributed by atoms with Gasteiger partial charge >= 0.3 is 0 Å². The van der Waals surface area contributed by atoms with Crippen molar-refractivity contribution in [2.75, 3.05) is 11.1 Å². The average Bonchev–Trinajstić information content (AvgIpc) is 2.50. The van der Waals surface area contributed by atoms with Crippen molar-refractivity contribution >= 4 is 17.3 Å². The van der Waals surface area contributed by atoms with Gasteiger partial charge < -0.3 is 11.1 Å². The van der Waals surface area contributed by atoms with E-state index in [-0.39, 0.29) is 0 Å². The summed E-state index contributed by atoms with van der Waals surface area (Å²) in [6, 6.07) is 8.53. The minimum atomic E-state index is 0.564. The summed E-state index contributed by atoms with van der Waals surface area (Å²) < 4.78 is 0. The molecule has 4 heteroatoms. The Morgan fingerprint density at radius 3 is 2.43 bits per heavy atom. The maximum Gasteiger partial charge on any atom is 0.139 e. The molecule has 1 aromatic heterocycles. The smallest absolute Gasteiger partial charge is 0.139 e. The Labute approximate surface area is 126 Å². The van der Waals surface area contributed by atoms with Gasteiger partial charge in [-0.15, -0.1) is 0 Å². The van der Waals surface area contributed by atoms with Crippen molar-refractivity contribution in [2.45, 2.75) is 46.0 Å². The average molecular weight is 284 g/mol. The first-order valence-electron chi connectivity index (χ1n) is 7.69. The Hall–Kier alpha value is -2.10. The molecule has 0 aliphatic carbocycles. The number of aromatic nitrogens is 2. The second-order valence-electron chi connectivity index (χ2n) is 5.26. The predicted molar refractivity (Wildman–Crippen MR) is 88.8 cm³/mol. The molecule has 0 fully saturated rings. The Balaban J connectivity index is 2.12. The summed E-state index contributed by atoms with van der Waals surface area (Å²) in [6.07, 6.45) is 6.99. The molecule has 1 heterocycles. The summed E-state index contributed by atoms with van der Waals surface area (Å²) >= 11 is 0. The van der Waals surface area contributed by atoms with Crippen LogP contribution in [-0.4, -0.2) is 9.97 Å². The topological polar surface area (TPSA) is 63.8 Å². The molecule has 0 unspecified atom stereocenters. The van der Waals surface area contributed by atoms with Crippen molar-refractivity contribution in [1.29, 1.82) is 0 Å². The van der Waals surface area contributed by atoms with Crippen LogP contribution in [0.4, 0.5) is 17.3 Å². The lowest BCUT2D eigenvalue weighted by molar-refractivity contribution is 0.795. The van der Waals surface area contributed by atoms with Gasteiger partial charge in [0.15, 0.2) is 0 Å². The van der Waals surface area contributed by atoms with Gasteiger partial charge in [-0.05, 0) is 37.0 Å². The second-order valence-corrected chi connectivity index (χ2v) is 5.26. The number of hydrogen-bond donors (Lipinski definition) is 2. The molecule has 0 aliphatic heterocycles. The number of aryl methyl sites for hydroxylation is 1. The summed E-state index contributed by atoms with van der Waals surface area (Å²) in [5.41, 5.74) is 9.35. The zero-order valence-electron chi connectivity index (χ0n) is 12.9. The summed E-state index contributed by atoms with van der Waals surface area (Å²) in [4.78, 5) is 8.40. The van der Waals surface area contributed by atoms with Crippen LogP contribution in [0, 0.1) is 0 Å². The first-order chi connectivity index (χ1) is 10.2. The van der Waals surface area contributed by atoms with E-state index < -0.39 is 0 Å². The number of unbranched alkanes of at least 4 members (excludes halogenated alkanes) is 1. The highest BCUT2D eigenvalue weighted by molar-refractivity contribution is 5.63. The van der Waals surface area contributed by atoms with E-state index in [1.807, 2.05) is 0 Å². The van der Waals surface area contributed by atoms with E-state index >= 15 is 0 Å². The van der Waals surface area contributed by atoms with Crippen molar-refractivity contribution in [3.8, 4) is 0 Å². The van der Waals surface area contributed by atoms with Crippen LogP contribution in [0.5, 0.6) is 0 Å². The van der Waals surface area contributed by atoms with Gasteiger partial charge in [0.2, 0.25) is 0 Å². The lowest BCUT2D eigenvalue weighted by Gasteiger charge is -2.12. The Morgan fingerprint density at radius 2 is 1.76 bits per heavy atom. The summed E-state index contributed by atoms with van der Waals surface area (Å²) in [5.74, 6) is 1.37. The first kappa shape index (κ1) is 15.3. The SMILES string of the molecule is CCCCc1ccc(Nc2ncnc(N)c2CCC)cc1. The molecule has 112 valence electrons. The summed E-state index contributed by atoms with van der Waals surface area (Å²) in [7, 11) is 0. The fraction of sp³-hybridized carbons (Fsp3) is 0.412. The molecule has 2 rings (SSSR count). The van der Waals surface area contributed by atoms with E-state index in [0.29, 0.717) is 5.82 Å². The number of nitrogens with one attached hydrogen (secondary N) is 1. The molecule has 0 amide bonds. The van der Waals surface area contributed by atoms with Crippen molar-refractivity contribution in [2.24, 2.45) is 0 Å². The van der Waals surface area contributed by atoms with Crippen LogP contribution in [0.2, 0.25) is 0 Å². The van der Waals surface area contributed by atoms with Gasteiger partial charge in [-0.1, -0.05) is 38.8 Å². The lowest BCUT2D eigenvalue weighted by atomic mass is 10.1. The molecule has 2 aromatic rings.